The molecule has 1 aliphatic rings. The highest BCUT2D eigenvalue weighted by Crippen LogP contribution is 2.26. The number of hydrogen-bond acceptors (Lipinski definition) is 2. The zero-order chi connectivity index (χ0) is 7.72. The summed E-state index contributed by atoms with van der Waals surface area (Å²) in [5.41, 5.74) is 0. The molecule has 0 unspecified atom stereocenters. The Bertz CT molecular complexity index is 118. The maximum Gasteiger partial charge on any atom is 0.109 e. The number of hydrogen-bond donors (Lipinski definition) is 1. The molecule has 10 heavy (non-hydrogen) atoms. The third-order valence-electron chi connectivity index (χ3n) is 2.17. The van der Waals surface area contributed by atoms with E-state index in [9.17, 15) is 5.11 Å². The van der Waals surface area contributed by atoms with Crippen LogP contribution in [0.3, 0.4) is 0 Å². The molecule has 0 bridgehead atoms. The van der Waals surface area contributed by atoms with Crippen molar-refractivity contribution in [3.05, 3.63) is 0 Å². The summed E-state index contributed by atoms with van der Waals surface area (Å²) in [5, 5.41) is 9.42. The van der Waals surface area contributed by atoms with Crippen molar-refractivity contribution in [1.29, 1.82) is 0 Å². The van der Waals surface area contributed by atoms with Gasteiger partial charge in [-0.2, -0.15) is 0 Å². The number of aliphatic hydroxyl groups is 1. The van der Waals surface area contributed by atoms with E-state index < -0.39 is 0 Å². The molecule has 0 aromatic rings. The van der Waals surface area contributed by atoms with Crippen LogP contribution in [0.15, 0.2) is 0 Å². The fraction of sp³-hybridized carbons (Fsp3) is 1.00. The molecule has 1 aliphatic heterocycles. The predicted octanol–water partition coefficient (Wildman–Crippen LogP) is 0.287. The van der Waals surface area contributed by atoms with Gasteiger partial charge in [-0.3, -0.25) is 0 Å². The highest BCUT2D eigenvalue weighted by molar-refractivity contribution is 6.11. The van der Waals surface area contributed by atoms with Gasteiger partial charge in [0.2, 0.25) is 0 Å². The molecule has 0 spiro atoms. The van der Waals surface area contributed by atoms with Crippen LogP contribution < -0.4 is 0 Å². The molecule has 0 aliphatic carbocycles. The second kappa shape index (κ2) is 2.93. The monoisotopic (exact) mass is 140 g/mol. The van der Waals surface area contributed by atoms with E-state index in [0.29, 0.717) is 0 Å². The van der Waals surface area contributed by atoms with Crippen molar-refractivity contribution < 1.29 is 9.84 Å². The van der Waals surface area contributed by atoms with Crippen molar-refractivity contribution in [2.75, 3.05) is 0 Å². The van der Waals surface area contributed by atoms with Crippen molar-refractivity contribution in [3.63, 3.8) is 0 Å². The van der Waals surface area contributed by atoms with Gasteiger partial charge in [-0.25, -0.2) is 0 Å². The molecule has 1 rings (SSSR count). The van der Waals surface area contributed by atoms with E-state index in [1.54, 1.807) is 0 Å². The van der Waals surface area contributed by atoms with Gasteiger partial charge in [0.1, 0.15) is 7.85 Å². The molecule has 0 amide bonds. The molecule has 4 atom stereocenters. The number of rotatable bonds is 1. The van der Waals surface area contributed by atoms with Crippen LogP contribution in [0.4, 0.5) is 0 Å². The molecule has 0 aromatic carbocycles. The molecule has 3 heteroatoms. The van der Waals surface area contributed by atoms with Crippen LogP contribution in [0.2, 0.25) is 0 Å². The fourth-order valence-electron chi connectivity index (χ4n) is 1.28. The Labute approximate surface area is 63.0 Å². The zero-order valence-corrected chi connectivity index (χ0v) is 6.45. The van der Waals surface area contributed by atoms with Gasteiger partial charge >= 0.3 is 0 Å². The molecule has 1 fully saturated rings. The van der Waals surface area contributed by atoms with Gasteiger partial charge < -0.3 is 9.84 Å². The Hall–Kier alpha value is -0.0151. The van der Waals surface area contributed by atoms with E-state index in [1.807, 2.05) is 13.8 Å². The second-order valence-corrected chi connectivity index (χ2v) is 2.90. The Morgan fingerprint density at radius 1 is 1.60 bits per heavy atom. The van der Waals surface area contributed by atoms with E-state index in [0.717, 1.165) is 6.42 Å². The molecule has 1 saturated heterocycles. The Morgan fingerprint density at radius 2 is 2.20 bits per heavy atom. The van der Waals surface area contributed by atoms with Crippen LogP contribution in [0.5, 0.6) is 0 Å². The summed E-state index contributed by atoms with van der Waals surface area (Å²) in [6.07, 6.45) is 0.407. The van der Waals surface area contributed by atoms with Crippen LogP contribution in [-0.2, 0) is 4.74 Å². The summed E-state index contributed by atoms with van der Waals surface area (Å²) in [7, 11) is 5.55. The molecular weight excluding hydrogens is 127 g/mol. The average Bonchev–Trinajstić information content (AvgIpc) is 2.17. The van der Waals surface area contributed by atoms with E-state index in [1.165, 1.54) is 0 Å². The van der Waals surface area contributed by atoms with E-state index >= 15 is 0 Å². The van der Waals surface area contributed by atoms with Gasteiger partial charge in [-0.15, -0.1) is 0 Å². The van der Waals surface area contributed by atoms with Gasteiger partial charge in [0.15, 0.2) is 0 Å². The highest BCUT2D eigenvalue weighted by Gasteiger charge is 2.36. The minimum absolute atomic E-state index is 0.0509. The Balaban J connectivity index is 2.53. The van der Waals surface area contributed by atoms with Crippen LogP contribution in [0.1, 0.15) is 20.3 Å². The largest absolute Gasteiger partial charge is 0.390 e. The topological polar surface area (TPSA) is 29.5 Å². The lowest BCUT2D eigenvalue weighted by Crippen LogP contribution is -2.24. The number of ether oxygens (including phenoxy) is 1. The van der Waals surface area contributed by atoms with Gasteiger partial charge in [-0.1, -0.05) is 13.8 Å². The Kier molecular flexibility index (Phi) is 2.37. The zero-order valence-electron chi connectivity index (χ0n) is 6.45. The maximum atomic E-state index is 9.42. The lowest BCUT2D eigenvalue weighted by molar-refractivity contribution is 0.0295. The summed E-state index contributed by atoms with van der Waals surface area (Å²) < 4.78 is 5.26. The molecule has 0 saturated carbocycles. The molecule has 56 valence electrons. The summed E-state index contributed by atoms with van der Waals surface area (Å²) in [5.74, 6) is 0.0740. The summed E-state index contributed by atoms with van der Waals surface area (Å²) in [6, 6.07) is -0.278. The quantitative estimate of drug-likeness (QED) is 0.530. The fourth-order valence-corrected chi connectivity index (χ4v) is 1.28. The maximum absolute atomic E-state index is 9.42. The van der Waals surface area contributed by atoms with Gasteiger partial charge in [-0.05, 0) is 6.42 Å². The normalized spacial score (nSPS) is 47.9. The summed E-state index contributed by atoms with van der Waals surface area (Å²) in [6.45, 7) is 3.89. The molecule has 2 radical (unpaired) electrons. The first-order valence-corrected chi connectivity index (χ1v) is 3.76. The van der Waals surface area contributed by atoms with Crippen molar-refractivity contribution >= 4 is 7.85 Å². The van der Waals surface area contributed by atoms with Crippen molar-refractivity contribution in [3.8, 4) is 0 Å². The van der Waals surface area contributed by atoms with Gasteiger partial charge in [0.05, 0.1) is 12.2 Å². The minimum atomic E-state index is -0.375. The van der Waals surface area contributed by atoms with E-state index in [4.69, 9.17) is 12.6 Å². The molecule has 1 N–H and O–H groups in total. The molecule has 2 nitrogen and oxygen atoms in total. The van der Waals surface area contributed by atoms with Crippen LogP contribution >= 0.6 is 0 Å². The van der Waals surface area contributed by atoms with E-state index in [-0.39, 0.29) is 24.1 Å². The van der Waals surface area contributed by atoms with Gasteiger partial charge in [0.25, 0.3) is 0 Å². The second-order valence-electron chi connectivity index (χ2n) is 2.90. The van der Waals surface area contributed by atoms with Gasteiger partial charge in [0, 0.05) is 11.9 Å². The van der Waals surface area contributed by atoms with Crippen LogP contribution in [0, 0.1) is 5.92 Å². The Morgan fingerprint density at radius 3 is 2.40 bits per heavy atom. The standard InChI is InChI=1S/C7H13BO2/c1-3-5-6(9)4(2)7(8)10-5/h4-7,9H,3H2,1-2H3/t4-,5-,6+,7-/m0/s1. The van der Waals surface area contributed by atoms with Crippen molar-refractivity contribution in [2.45, 2.75) is 38.5 Å². The van der Waals surface area contributed by atoms with Crippen LogP contribution in [-0.4, -0.2) is 31.2 Å². The SMILES string of the molecule is [B][C@H]1O[C@@H](CC)[C@H](O)[C@@H]1C. The van der Waals surface area contributed by atoms with Crippen molar-refractivity contribution in [2.24, 2.45) is 5.92 Å². The predicted molar refractivity (Wildman–Crippen MR) is 39.9 cm³/mol. The minimum Gasteiger partial charge on any atom is -0.390 e. The van der Waals surface area contributed by atoms with Crippen LogP contribution in [0.25, 0.3) is 0 Å². The first-order chi connectivity index (χ1) is 4.66. The third kappa shape index (κ3) is 1.20. The average molecular weight is 140 g/mol. The summed E-state index contributed by atoms with van der Waals surface area (Å²) in [4.78, 5) is 0. The third-order valence-corrected chi connectivity index (χ3v) is 2.17. The summed E-state index contributed by atoms with van der Waals surface area (Å²) >= 11 is 0. The number of aliphatic hydroxyl groups excluding tert-OH is 1. The lowest BCUT2D eigenvalue weighted by atomic mass is 9.86. The molecular formula is C7H13BO2. The lowest BCUT2D eigenvalue weighted by Gasteiger charge is -2.12. The van der Waals surface area contributed by atoms with Crippen molar-refractivity contribution in [1.82, 2.24) is 0 Å². The first kappa shape index (κ1) is 8.09. The molecule has 1 heterocycles. The van der Waals surface area contributed by atoms with E-state index in [2.05, 4.69) is 0 Å². The highest BCUT2D eigenvalue weighted by atomic mass is 16.5. The molecule has 0 aromatic heterocycles. The smallest absolute Gasteiger partial charge is 0.109 e. The first-order valence-electron chi connectivity index (χ1n) is 3.76.